The first kappa shape index (κ1) is 10.1. The van der Waals surface area contributed by atoms with Crippen molar-refractivity contribution in [1.29, 1.82) is 0 Å². The Bertz CT molecular complexity index is 413. The maximum atomic E-state index is 9.46. The van der Waals surface area contributed by atoms with Crippen LogP contribution in [0.25, 0.3) is 0 Å². The van der Waals surface area contributed by atoms with Crippen LogP contribution in [-0.2, 0) is 13.7 Å². The first-order valence-corrected chi connectivity index (χ1v) is 6.10. The molecular weight excluding hydrogens is 202 g/mol. The summed E-state index contributed by atoms with van der Waals surface area (Å²) in [5.74, 6) is 2.01. The second-order valence-electron chi connectivity index (χ2n) is 5.15. The van der Waals surface area contributed by atoms with Gasteiger partial charge in [-0.25, -0.2) is 0 Å². The molecule has 2 heterocycles. The van der Waals surface area contributed by atoms with Crippen molar-refractivity contribution in [2.24, 2.45) is 13.0 Å². The van der Waals surface area contributed by atoms with Crippen LogP contribution in [0.1, 0.15) is 30.5 Å². The minimum atomic E-state index is 0.100. The zero-order chi connectivity index (χ0) is 11.3. The summed E-state index contributed by atoms with van der Waals surface area (Å²) < 4.78 is 1.93. The molecule has 3 rings (SSSR count). The lowest BCUT2D eigenvalue weighted by Gasteiger charge is -2.29. The summed E-state index contributed by atoms with van der Waals surface area (Å²) in [7, 11) is 1.98. The fourth-order valence-electron chi connectivity index (χ4n) is 3.42. The summed E-state index contributed by atoms with van der Waals surface area (Å²) in [6.45, 7) is 3.23. The molecule has 0 spiro atoms. The Balaban J connectivity index is 2.00. The number of aliphatic hydroxyl groups is 1. The number of anilines is 1. The largest absolute Gasteiger partial charge is 0.391 e. The zero-order valence-electron chi connectivity index (χ0n) is 9.98. The Labute approximate surface area is 95.9 Å². The maximum Gasteiger partial charge on any atom is 0.132 e. The van der Waals surface area contributed by atoms with Crippen molar-refractivity contribution < 1.29 is 5.11 Å². The molecule has 16 heavy (non-hydrogen) atoms. The molecule has 1 N–H and O–H groups in total. The lowest BCUT2D eigenvalue weighted by molar-refractivity contribution is 0.281. The molecule has 2 aliphatic rings. The number of rotatable bonds is 2. The van der Waals surface area contributed by atoms with Gasteiger partial charge in [0.25, 0.3) is 0 Å². The highest BCUT2D eigenvalue weighted by atomic mass is 16.3. The molecule has 1 saturated heterocycles. The van der Waals surface area contributed by atoms with Crippen LogP contribution in [0.3, 0.4) is 0 Å². The SMILES string of the molecule is Cc1nn(C)c(N2CC3CCC2C3)c1CO. The standard InChI is InChI=1S/C12H19N3O/c1-8-11(7-16)12(14(2)13-8)15-6-9-3-4-10(15)5-9/h9-10,16H,3-7H2,1-2H3. The van der Waals surface area contributed by atoms with Crippen molar-refractivity contribution in [2.75, 3.05) is 11.4 Å². The number of aliphatic hydroxyl groups excluding tert-OH is 1. The second-order valence-corrected chi connectivity index (χ2v) is 5.15. The van der Waals surface area contributed by atoms with Crippen LogP contribution in [0.2, 0.25) is 0 Å². The average molecular weight is 221 g/mol. The van der Waals surface area contributed by atoms with Crippen LogP contribution >= 0.6 is 0 Å². The van der Waals surface area contributed by atoms with Crippen LogP contribution < -0.4 is 4.90 Å². The molecule has 1 aromatic heterocycles. The van der Waals surface area contributed by atoms with E-state index < -0.39 is 0 Å². The van der Waals surface area contributed by atoms with E-state index in [-0.39, 0.29) is 6.61 Å². The van der Waals surface area contributed by atoms with E-state index in [1.54, 1.807) is 0 Å². The molecule has 1 aliphatic carbocycles. The number of piperidine rings is 1. The minimum Gasteiger partial charge on any atom is -0.391 e. The Morgan fingerprint density at radius 3 is 2.81 bits per heavy atom. The molecular formula is C12H19N3O. The zero-order valence-corrected chi connectivity index (χ0v) is 9.98. The van der Waals surface area contributed by atoms with Crippen LogP contribution in [-0.4, -0.2) is 27.5 Å². The number of fused-ring (bicyclic) bond motifs is 2. The highest BCUT2D eigenvalue weighted by molar-refractivity contribution is 5.52. The van der Waals surface area contributed by atoms with Gasteiger partial charge >= 0.3 is 0 Å². The number of nitrogens with zero attached hydrogens (tertiary/aromatic N) is 3. The first-order valence-electron chi connectivity index (χ1n) is 6.10. The molecule has 2 atom stereocenters. The van der Waals surface area contributed by atoms with E-state index in [4.69, 9.17) is 0 Å². The monoisotopic (exact) mass is 221 g/mol. The molecule has 2 unspecified atom stereocenters. The Hall–Kier alpha value is -1.03. The van der Waals surface area contributed by atoms with E-state index in [0.717, 1.165) is 29.5 Å². The predicted octanol–water partition coefficient (Wildman–Crippen LogP) is 1.21. The van der Waals surface area contributed by atoms with E-state index in [1.165, 1.54) is 19.3 Å². The highest BCUT2D eigenvalue weighted by Gasteiger charge is 2.39. The Morgan fingerprint density at radius 2 is 2.25 bits per heavy atom. The molecule has 0 radical (unpaired) electrons. The summed E-state index contributed by atoms with van der Waals surface area (Å²) in [5.41, 5.74) is 1.97. The van der Waals surface area contributed by atoms with Crippen molar-refractivity contribution in [3.63, 3.8) is 0 Å². The summed E-state index contributed by atoms with van der Waals surface area (Å²) in [4.78, 5) is 2.46. The van der Waals surface area contributed by atoms with Gasteiger partial charge in [-0.05, 0) is 32.1 Å². The Kier molecular flexibility index (Phi) is 2.21. The maximum absolute atomic E-state index is 9.46. The van der Waals surface area contributed by atoms with Gasteiger partial charge in [0.15, 0.2) is 0 Å². The fourth-order valence-corrected chi connectivity index (χ4v) is 3.42. The molecule has 4 heteroatoms. The molecule has 2 bridgehead atoms. The van der Waals surface area contributed by atoms with Crippen LogP contribution in [0.15, 0.2) is 0 Å². The number of aryl methyl sites for hydroxylation is 2. The number of hydrogen-bond donors (Lipinski definition) is 1. The van der Waals surface area contributed by atoms with E-state index in [2.05, 4.69) is 10.00 Å². The molecule has 2 fully saturated rings. The third-order valence-corrected chi connectivity index (χ3v) is 4.15. The minimum absolute atomic E-state index is 0.100. The Morgan fingerprint density at radius 1 is 1.44 bits per heavy atom. The average Bonchev–Trinajstić information content (AvgIpc) is 2.91. The number of hydrogen-bond acceptors (Lipinski definition) is 3. The molecule has 88 valence electrons. The summed E-state index contributed by atoms with van der Waals surface area (Å²) >= 11 is 0. The van der Waals surface area contributed by atoms with Crippen molar-refractivity contribution in [1.82, 2.24) is 9.78 Å². The normalized spacial score (nSPS) is 28.1. The topological polar surface area (TPSA) is 41.3 Å². The van der Waals surface area contributed by atoms with Gasteiger partial charge in [-0.3, -0.25) is 4.68 Å². The summed E-state index contributed by atoms with van der Waals surface area (Å²) in [6.07, 6.45) is 4.02. The van der Waals surface area contributed by atoms with Gasteiger partial charge in [-0.1, -0.05) is 0 Å². The highest BCUT2D eigenvalue weighted by Crippen LogP contribution is 2.41. The van der Waals surface area contributed by atoms with Gasteiger partial charge in [0.2, 0.25) is 0 Å². The van der Waals surface area contributed by atoms with E-state index in [1.807, 2.05) is 18.7 Å². The quantitative estimate of drug-likeness (QED) is 0.816. The smallest absolute Gasteiger partial charge is 0.132 e. The van der Waals surface area contributed by atoms with Crippen molar-refractivity contribution in [2.45, 2.75) is 38.8 Å². The fraction of sp³-hybridized carbons (Fsp3) is 0.750. The third kappa shape index (κ3) is 1.29. The van der Waals surface area contributed by atoms with Crippen molar-refractivity contribution in [3.05, 3.63) is 11.3 Å². The van der Waals surface area contributed by atoms with E-state index in [9.17, 15) is 5.11 Å². The first-order chi connectivity index (χ1) is 7.70. The van der Waals surface area contributed by atoms with Gasteiger partial charge in [0.1, 0.15) is 5.82 Å². The molecule has 4 nitrogen and oxygen atoms in total. The van der Waals surface area contributed by atoms with E-state index in [0.29, 0.717) is 6.04 Å². The van der Waals surface area contributed by atoms with E-state index >= 15 is 0 Å². The second kappa shape index (κ2) is 3.48. The van der Waals surface area contributed by atoms with Gasteiger partial charge in [-0.15, -0.1) is 0 Å². The molecule has 0 amide bonds. The lowest BCUT2D eigenvalue weighted by Crippen LogP contribution is -2.34. The van der Waals surface area contributed by atoms with Gasteiger partial charge in [-0.2, -0.15) is 5.10 Å². The molecule has 0 aromatic carbocycles. The van der Waals surface area contributed by atoms with Gasteiger partial charge < -0.3 is 10.0 Å². The summed E-state index contributed by atoms with van der Waals surface area (Å²) in [5, 5.41) is 13.9. The van der Waals surface area contributed by atoms with Crippen LogP contribution in [0, 0.1) is 12.8 Å². The summed E-state index contributed by atoms with van der Waals surface area (Å²) in [6, 6.07) is 0.685. The number of aromatic nitrogens is 2. The van der Waals surface area contributed by atoms with Crippen molar-refractivity contribution in [3.8, 4) is 0 Å². The molecule has 1 saturated carbocycles. The van der Waals surface area contributed by atoms with Crippen LogP contribution in [0.4, 0.5) is 5.82 Å². The van der Waals surface area contributed by atoms with Crippen LogP contribution in [0.5, 0.6) is 0 Å². The van der Waals surface area contributed by atoms with Gasteiger partial charge in [0.05, 0.1) is 12.3 Å². The molecule has 1 aliphatic heterocycles. The van der Waals surface area contributed by atoms with Gasteiger partial charge in [0, 0.05) is 25.2 Å². The molecule has 1 aromatic rings. The predicted molar refractivity (Wildman–Crippen MR) is 62.3 cm³/mol. The lowest BCUT2D eigenvalue weighted by atomic mass is 10.1. The van der Waals surface area contributed by atoms with Crippen molar-refractivity contribution >= 4 is 5.82 Å². The third-order valence-electron chi connectivity index (χ3n) is 4.15.